The van der Waals surface area contributed by atoms with Crippen molar-refractivity contribution in [3.8, 4) is 0 Å². The first-order chi connectivity index (χ1) is 9.93. The third kappa shape index (κ3) is 3.21. The number of piperidine rings is 1. The van der Waals surface area contributed by atoms with E-state index < -0.39 is 4.92 Å². The number of carbonyl (C=O) groups is 1. The summed E-state index contributed by atoms with van der Waals surface area (Å²) in [5, 5.41) is 11.0. The molecule has 6 heteroatoms. The number of nitrogens with two attached hydrogens (primary N) is 1. The van der Waals surface area contributed by atoms with Gasteiger partial charge < -0.3 is 10.6 Å². The largest absolute Gasteiger partial charge is 0.334 e. The molecule has 6 nitrogen and oxygen atoms in total. The van der Waals surface area contributed by atoms with Crippen LogP contribution in [0, 0.1) is 23.0 Å². The zero-order chi connectivity index (χ0) is 15.6. The Bertz CT molecular complexity index is 559. The summed E-state index contributed by atoms with van der Waals surface area (Å²) in [7, 11) is 0. The molecule has 1 aromatic carbocycles. The minimum atomic E-state index is -0.454. The van der Waals surface area contributed by atoms with Crippen LogP contribution in [0.4, 0.5) is 5.69 Å². The first-order valence-electron chi connectivity index (χ1n) is 7.20. The van der Waals surface area contributed by atoms with Gasteiger partial charge in [-0.2, -0.15) is 0 Å². The predicted molar refractivity (Wildman–Crippen MR) is 80.1 cm³/mol. The van der Waals surface area contributed by atoms with Crippen molar-refractivity contribution in [1.82, 2.24) is 4.90 Å². The van der Waals surface area contributed by atoms with Gasteiger partial charge in [0, 0.05) is 36.3 Å². The molecule has 1 saturated heterocycles. The number of likely N-dealkylation sites (tertiary alicyclic amines) is 1. The predicted octanol–water partition coefficient (Wildman–Crippen LogP) is 2.10. The highest BCUT2D eigenvalue weighted by atomic mass is 16.6. The molecule has 0 aromatic heterocycles. The Hall–Kier alpha value is -1.95. The molecule has 2 unspecified atom stereocenters. The standard InChI is InChI=1S/C15H21N3O3/c1-10-5-6-17(13(7-10)9-16)15(19)12-4-3-11(2)14(8-12)18(20)21/h3-4,8,10,13H,5-7,9,16H2,1-2H3. The Balaban J connectivity index is 2.27. The summed E-state index contributed by atoms with van der Waals surface area (Å²) in [5.74, 6) is 0.385. The van der Waals surface area contributed by atoms with Crippen molar-refractivity contribution in [3.63, 3.8) is 0 Å². The summed E-state index contributed by atoms with van der Waals surface area (Å²) < 4.78 is 0. The number of aryl methyl sites for hydroxylation is 1. The monoisotopic (exact) mass is 291 g/mol. The van der Waals surface area contributed by atoms with Crippen molar-refractivity contribution >= 4 is 11.6 Å². The van der Waals surface area contributed by atoms with E-state index in [-0.39, 0.29) is 17.6 Å². The van der Waals surface area contributed by atoms with Gasteiger partial charge in [0.05, 0.1) is 4.92 Å². The van der Waals surface area contributed by atoms with Gasteiger partial charge in [-0.3, -0.25) is 14.9 Å². The number of hydrogen-bond donors (Lipinski definition) is 1. The van der Waals surface area contributed by atoms with Crippen molar-refractivity contribution in [2.75, 3.05) is 13.1 Å². The van der Waals surface area contributed by atoms with Gasteiger partial charge in [0.1, 0.15) is 0 Å². The maximum Gasteiger partial charge on any atom is 0.273 e. The van der Waals surface area contributed by atoms with E-state index >= 15 is 0 Å². The quantitative estimate of drug-likeness (QED) is 0.682. The molecule has 0 spiro atoms. The van der Waals surface area contributed by atoms with Crippen LogP contribution in [0.1, 0.15) is 35.7 Å². The fourth-order valence-corrected chi connectivity index (χ4v) is 2.85. The number of carbonyl (C=O) groups excluding carboxylic acids is 1. The van der Waals surface area contributed by atoms with Gasteiger partial charge >= 0.3 is 0 Å². The molecular weight excluding hydrogens is 270 g/mol. The molecule has 1 heterocycles. The van der Waals surface area contributed by atoms with Crippen LogP contribution in [0.15, 0.2) is 18.2 Å². The molecule has 2 atom stereocenters. The maximum atomic E-state index is 12.6. The van der Waals surface area contributed by atoms with E-state index in [1.165, 1.54) is 6.07 Å². The van der Waals surface area contributed by atoms with E-state index in [2.05, 4.69) is 6.92 Å². The summed E-state index contributed by atoms with van der Waals surface area (Å²) in [6.45, 7) is 4.90. The number of hydrogen-bond acceptors (Lipinski definition) is 4. The van der Waals surface area contributed by atoms with Crippen LogP contribution in [-0.4, -0.2) is 34.9 Å². The third-order valence-corrected chi connectivity index (χ3v) is 4.16. The molecule has 1 fully saturated rings. The number of nitro groups is 1. The van der Waals surface area contributed by atoms with Crippen molar-refractivity contribution < 1.29 is 9.72 Å². The molecule has 1 aliphatic heterocycles. The number of amides is 1. The molecule has 0 aliphatic carbocycles. The zero-order valence-electron chi connectivity index (χ0n) is 12.4. The molecular formula is C15H21N3O3. The van der Waals surface area contributed by atoms with Crippen LogP contribution < -0.4 is 5.73 Å². The highest BCUT2D eigenvalue weighted by Gasteiger charge is 2.30. The van der Waals surface area contributed by atoms with Crippen molar-refractivity contribution in [1.29, 1.82) is 0 Å². The van der Waals surface area contributed by atoms with E-state index in [1.807, 2.05) is 0 Å². The van der Waals surface area contributed by atoms with Gasteiger partial charge in [0.15, 0.2) is 0 Å². The van der Waals surface area contributed by atoms with E-state index in [4.69, 9.17) is 5.73 Å². The topological polar surface area (TPSA) is 89.5 Å². The van der Waals surface area contributed by atoms with Gasteiger partial charge in [-0.15, -0.1) is 0 Å². The van der Waals surface area contributed by atoms with Crippen LogP contribution in [0.5, 0.6) is 0 Å². The normalized spacial score (nSPS) is 22.1. The molecule has 0 radical (unpaired) electrons. The fourth-order valence-electron chi connectivity index (χ4n) is 2.85. The van der Waals surface area contributed by atoms with Crippen LogP contribution in [0.2, 0.25) is 0 Å². The van der Waals surface area contributed by atoms with Gasteiger partial charge in [-0.25, -0.2) is 0 Å². The Morgan fingerprint density at radius 1 is 1.52 bits per heavy atom. The van der Waals surface area contributed by atoms with E-state index in [0.29, 0.717) is 30.1 Å². The second kappa shape index (κ2) is 6.22. The highest BCUT2D eigenvalue weighted by molar-refractivity contribution is 5.95. The Kier molecular flexibility index (Phi) is 4.57. The minimum absolute atomic E-state index is 0.0154. The Labute approximate surface area is 124 Å². The molecule has 0 bridgehead atoms. The van der Waals surface area contributed by atoms with Crippen LogP contribution in [0.3, 0.4) is 0 Å². The summed E-state index contributed by atoms with van der Waals surface area (Å²) in [5.41, 5.74) is 6.67. The number of nitrogens with zero attached hydrogens (tertiary/aromatic N) is 2. The van der Waals surface area contributed by atoms with Crippen LogP contribution in [0.25, 0.3) is 0 Å². The molecule has 2 N–H and O–H groups in total. The average molecular weight is 291 g/mol. The molecule has 1 amide bonds. The molecule has 1 aromatic rings. The van der Waals surface area contributed by atoms with Gasteiger partial charge in [-0.05, 0) is 31.7 Å². The second-order valence-electron chi connectivity index (χ2n) is 5.78. The molecule has 1 aliphatic rings. The number of nitro benzene ring substituents is 1. The molecule has 21 heavy (non-hydrogen) atoms. The summed E-state index contributed by atoms with van der Waals surface area (Å²) in [4.78, 5) is 24.9. The van der Waals surface area contributed by atoms with E-state index in [1.54, 1.807) is 24.0 Å². The van der Waals surface area contributed by atoms with Crippen molar-refractivity contribution in [2.24, 2.45) is 11.7 Å². The van der Waals surface area contributed by atoms with Crippen LogP contribution >= 0.6 is 0 Å². The summed E-state index contributed by atoms with van der Waals surface area (Å²) >= 11 is 0. The minimum Gasteiger partial charge on any atom is -0.334 e. The SMILES string of the molecule is Cc1ccc(C(=O)N2CCC(C)CC2CN)cc1[N+](=O)[O-]. The average Bonchev–Trinajstić information content (AvgIpc) is 2.46. The van der Waals surface area contributed by atoms with Gasteiger partial charge in [0.25, 0.3) is 11.6 Å². The first kappa shape index (κ1) is 15.4. The summed E-state index contributed by atoms with van der Waals surface area (Å²) in [6, 6.07) is 4.65. The smallest absolute Gasteiger partial charge is 0.273 e. The Morgan fingerprint density at radius 2 is 2.24 bits per heavy atom. The lowest BCUT2D eigenvalue weighted by molar-refractivity contribution is -0.385. The lowest BCUT2D eigenvalue weighted by Crippen LogP contribution is -2.49. The first-order valence-corrected chi connectivity index (χ1v) is 7.20. The van der Waals surface area contributed by atoms with Crippen molar-refractivity contribution in [3.05, 3.63) is 39.4 Å². The highest BCUT2D eigenvalue weighted by Crippen LogP contribution is 2.25. The van der Waals surface area contributed by atoms with Gasteiger partial charge in [0.2, 0.25) is 0 Å². The molecule has 0 saturated carbocycles. The van der Waals surface area contributed by atoms with Gasteiger partial charge in [-0.1, -0.05) is 13.0 Å². The number of rotatable bonds is 3. The summed E-state index contributed by atoms with van der Waals surface area (Å²) in [6.07, 6.45) is 1.83. The van der Waals surface area contributed by atoms with Crippen molar-refractivity contribution in [2.45, 2.75) is 32.7 Å². The lowest BCUT2D eigenvalue weighted by Gasteiger charge is -2.38. The molecule has 2 rings (SSSR count). The second-order valence-corrected chi connectivity index (χ2v) is 5.78. The zero-order valence-corrected chi connectivity index (χ0v) is 12.4. The maximum absolute atomic E-state index is 12.6. The van der Waals surface area contributed by atoms with Crippen LogP contribution in [-0.2, 0) is 0 Å². The third-order valence-electron chi connectivity index (χ3n) is 4.16. The molecule has 114 valence electrons. The Morgan fingerprint density at radius 3 is 2.86 bits per heavy atom. The van der Waals surface area contributed by atoms with E-state index in [9.17, 15) is 14.9 Å². The van der Waals surface area contributed by atoms with E-state index in [0.717, 1.165) is 12.8 Å². The number of benzene rings is 1. The lowest BCUT2D eigenvalue weighted by atomic mass is 9.91. The fraction of sp³-hybridized carbons (Fsp3) is 0.533.